The molecule has 318 valence electrons. The average molecular weight is 915 g/mol. The van der Waals surface area contributed by atoms with Crippen LogP contribution in [-0.4, -0.2) is 84.9 Å². The van der Waals surface area contributed by atoms with Crippen LogP contribution in [0.3, 0.4) is 0 Å². The molecule has 1 N–H and O–H groups in total. The van der Waals surface area contributed by atoms with E-state index in [1.807, 2.05) is 55.4 Å². The lowest BCUT2D eigenvalue weighted by atomic mass is 10.2. The van der Waals surface area contributed by atoms with Gasteiger partial charge in [-0.05, 0) is 104 Å². The summed E-state index contributed by atoms with van der Waals surface area (Å²) in [5.41, 5.74) is 0. The number of carboxylic acids is 1. The molecule has 0 aliphatic heterocycles. The molecule has 22 heteroatoms. The van der Waals surface area contributed by atoms with Gasteiger partial charge < -0.3 is 23.2 Å². The molecule has 0 fully saturated rings. The van der Waals surface area contributed by atoms with E-state index in [1.165, 1.54) is 0 Å². The molecule has 0 aromatic carbocycles. The summed E-state index contributed by atoms with van der Waals surface area (Å²) in [7, 11) is 0. The lowest BCUT2D eigenvalue weighted by molar-refractivity contribution is -0.136. The number of hydrogen-bond acceptors (Lipinski definition) is 17. The molecule has 53 heavy (non-hydrogen) atoms. The number of carboxylic acid groups (broad SMARTS) is 1. The summed E-state index contributed by atoms with van der Waals surface area (Å²) >= 11 is 3.52. The van der Waals surface area contributed by atoms with Crippen molar-refractivity contribution in [2.45, 2.75) is 121 Å². The molecule has 0 saturated heterocycles. The second kappa shape index (κ2) is 27.3. The van der Waals surface area contributed by atoms with E-state index in [9.17, 15) is 23.1 Å². The quantitative estimate of drug-likeness (QED) is 0.0614. The maximum absolute atomic E-state index is 14.4. The molecule has 0 bridgehead atoms. The zero-order valence-corrected chi connectivity index (χ0v) is 40.5. The van der Waals surface area contributed by atoms with Gasteiger partial charge in [0.2, 0.25) is 0 Å². The van der Waals surface area contributed by atoms with Crippen LogP contribution in [0, 0.1) is 23.7 Å². The zero-order valence-electron chi connectivity index (χ0n) is 33.7. The van der Waals surface area contributed by atoms with Gasteiger partial charge in [-0.15, -0.1) is 0 Å². The Balaban J connectivity index is 6.08. The normalized spacial score (nSPS) is 17.1. The topological polar surface area (TPSA) is 179 Å². The van der Waals surface area contributed by atoms with Crippen LogP contribution in [0.15, 0.2) is 0 Å². The molecule has 0 rings (SSSR count). The average Bonchev–Trinajstić information content (AvgIpc) is 3.01. The van der Waals surface area contributed by atoms with Crippen LogP contribution in [-0.2, 0) is 59.2 Å². The molecule has 0 aliphatic carbocycles. The largest absolute Gasteiger partial charge is 0.481 e. The van der Waals surface area contributed by atoms with Crippen molar-refractivity contribution in [2.24, 2.45) is 23.7 Å². The number of aliphatic carboxylic acids is 1. The van der Waals surface area contributed by atoms with Gasteiger partial charge in [0.1, 0.15) is 0 Å². The molecule has 4 atom stereocenters. The highest BCUT2D eigenvalue weighted by Gasteiger charge is 2.37. The third kappa shape index (κ3) is 28.5. The molecule has 14 nitrogen and oxygen atoms in total. The molecular formula is C31H66O14P4S4. The maximum Gasteiger partial charge on any atom is 0.389 e. The predicted octanol–water partition coefficient (Wildman–Crippen LogP) is 12.2. The van der Waals surface area contributed by atoms with Crippen LogP contribution in [0.5, 0.6) is 0 Å². The van der Waals surface area contributed by atoms with Gasteiger partial charge in [-0.2, -0.15) is 0 Å². The summed E-state index contributed by atoms with van der Waals surface area (Å²) in [6.45, 7) is 9.72. The highest BCUT2D eigenvalue weighted by molar-refractivity contribution is 8.56. The lowest BCUT2D eigenvalue weighted by Gasteiger charge is -2.28. The van der Waals surface area contributed by atoms with Crippen molar-refractivity contribution in [1.29, 1.82) is 0 Å². The van der Waals surface area contributed by atoms with Crippen molar-refractivity contribution in [2.75, 3.05) is 49.4 Å². The van der Waals surface area contributed by atoms with Crippen LogP contribution >= 0.6 is 72.7 Å². The third-order valence-electron chi connectivity index (χ3n) is 5.50. The Morgan fingerprint density at radius 2 is 0.755 bits per heavy atom. The Morgan fingerprint density at radius 3 is 1.02 bits per heavy atom. The summed E-state index contributed by atoms with van der Waals surface area (Å²) in [6, 6.07) is 0. The lowest BCUT2D eigenvalue weighted by Crippen LogP contribution is -2.17. The second-order valence-corrected chi connectivity index (χ2v) is 30.7. The first-order chi connectivity index (χ1) is 24.3. The first kappa shape index (κ1) is 54.5. The minimum absolute atomic E-state index is 0.00547. The van der Waals surface area contributed by atoms with Crippen LogP contribution in [0.25, 0.3) is 0 Å². The van der Waals surface area contributed by atoms with Crippen molar-refractivity contribution in [1.82, 2.24) is 0 Å². The van der Waals surface area contributed by atoms with E-state index >= 15 is 0 Å². The molecule has 0 aromatic heterocycles. The van der Waals surface area contributed by atoms with Gasteiger partial charge in [-0.1, -0.05) is 55.4 Å². The SMILES string of the molecule is CC(C)COP(=O)(OCC(C)C)SCC(C)OP(=O)(OC(C)CSP(=O)(OCC(C)C)OCC(C)C)SCC(C)OP(=O)(OC(C)C)SCCC(=O)O. The van der Waals surface area contributed by atoms with Crippen molar-refractivity contribution >= 4 is 78.7 Å². The van der Waals surface area contributed by atoms with Crippen LogP contribution in [0.4, 0.5) is 0 Å². The fourth-order valence-corrected chi connectivity index (χ4v) is 18.8. The fraction of sp³-hybridized carbons (Fsp3) is 0.968. The van der Waals surface area contributed by atoms with Crippen molar-refractivity contribution < 1.29 is 64.4 Å². The minimum atomic E-state index is -4.05. The predicted molar refractivity (Wildman–Crippen MR) is 224 cm³/mol. The fourth-order valence-electron chi connectivity index (χ4n) is 3.20. The maximum atomic E-state index is 14.4. The summed E-state index contributed by atoms with van der Waals surface area (Å²) in [5, 5.41) is 9.04. The molecule has 0 saturated carbocycles. The number of carbonyl (C=O) groups is 1. The Labute approximate surface area is 335 Å². The number of hydrogen-bond donors (Lipinski definition) is 1. The standard InChI is InChI=1S/C31H66O14P4S4/c1-23(2)16-38-46(34,39-17-24(3)4)51-20-28(11)44-49(37,45-29(12)21-52-47(35,40-18-25(5)6)41-19-26(7)8)53-22-30(13)43-48(36,42-27(9)10)50-15-14-31(32)33/h23-30H,14-22H2,1-13H3,(H,32,33). The van der Waals surface area contributed by atoms with E-state index in [-0.39, 0.29) is 79.5 Å². The monoisotopic (exact) mass is 914 g/mol. The molecule has 0 heterocycles. The van der Waals surface area contributed by atoms with E-state index in [0.717, 1.165) is 45.5 Å². The van der Waals surface area contributed by atoms with E-state index in [0.29, 0.717) is 0 Å². The second-order valence-electron chi connectivity index (χ2n) is 14.3. The van der Waals surface area contributed by atoms with Crippen LogP contribution in [0.2, 0.25) is 0 Å². The zero-order chi connectivity index (χ0) is 41.0. The van der Waals surface area contributed by atoms with Gasteiger partial charge in [0.05, 0.1) is 57.3 Å². The van der Waals surface area contributed by atoms with Crippen LogP contribution in [0.1, 0.15) is 96.4 Å². The molecule has 4 unspecified atom stereocenters. The first-order valence-corrected chi connectivity index (χ1v) is 30.4. The van der Waals surface area contributed by atoms with Gasteiger partial charge in [-0.25, -0.2) is 18.3 Å². The van der Waals surface area contributed by atoms with Gasteiger partial charge >= 0.3 is 33.2 Å². The molecule has 0 radical (unpaired) electrons. The van der Waals surface area contributed by atoms with Crippen LogP contribution < -0.4 is 0 Å². The first-order valence-electron chi connectivity index (χ1n) is 17.8. The smallest absolute Gasteiger partial charge is 0.389 e. The number of rotatable bonds is 33. The van der Waals surface area contributed by atoms with Crippen molar-refractivity contribution in [3.63, 3.8) is 0 Å². The molecular weight excluding hydrogens is 848 g/mol. The summed E-state index contributed by atoms with van der Waals surface area (Å²) in [4.78, 5) is 11.1. The minimum Gasteiger partial charge on any atom is -0.481 e. The summed E-state index contributed by atoms with van der Waals surface area (Å²) in [6.07, 6.45) is -3.02. The molecule has 0 aromatic rings. The Bertz CT molecular complexity index is 1140. The van der Waals surface area contributed by atoms with E-state index in [1.54, 1.807) is 34.6 Å². The Kier molecular flexibility index (Phi) is 28.0. The Hall–Kier alpha value is 1.47. The molecule has 0 spiro atoms. The van der Waals surface area contributed by atoms with E-state index < -0.39 is 57.6 Å². The van der Waals surface area contributed by atoms with E-state index in [2.05, 4.69) is 0 Å². The van der Waals surface area contributed by atoms with E-state index in [4.69, 9.17) is 41.3 Å². The van der Waals surface area contributed by atoms with Gasteiger partial charge in [0, 0.05) is 23.0 Å². The molecule has 0 amide bonds. The summed E-state index contributed by atoms with van der Waals surface area (Å²) in [5.74, 6) is -0.393. The molecule has 0 aliphatic rings. The third-order valence-corrected chi connectivity index (χ3v) is 21.4. The van der Waals surface area contributed by atoms with Crippen molar-refractivity contribution in [3.8, 4) is 0 Å². The highest BCUT2D eigenvalue weighted by atomic mass is 32.7. The summed E-state index contributed by atoms with van der Waals surface area (Å²) < 4.78 is 101. The van der Waals surface area contributed by atoms with Crippen molar-refractivity contribution in [3.05, 3.63) is 0 Å². The van der Waals surface area contributed by atoms with Gasteiger partial charge in [-0.3, -0.25) is 22.9 Å². The Morgan fingerprint density at radius 1 is 0.472 bits per heavy atom. The highest BCUT2D eigenvalue weighted by Crippen LogP contribution is 2.67. The van der Waals surface area contributed by atoms with Gasteiger partial charge in [0.25, 0.3) is 0 Å². The van der Waals surface area contributed by atoms with Gasteiger partial charge in [0.15, 0.2) is 0 Å².